The molecular formula is C14H14O2. The molecule has 2 rings (SSSR count). The second-order valence-corrected chi connectivity index (χ2v) is 4.32. The number of hydrogen-bond donors (Lipinski definition) is 1. The molecule has 0 spiro atoms. The Labute approximate surface area is 95.3 Å². The highest BCUT2D eigenvalue weighted by atomic mass is 16.4. The van der Waals surface area contributed by atoms with Gasteiger partial charge in [-0.15, -0.1) is 6.42 Å². The Morgan fingerprint density at radius 3 is 2.62 bits per heavy atom. The van der Waals surface area contributed by atoms with Gasteiger partial charge in [-0.2, -0.15) is 0 Å². The number of carboxylic acids is 1. The third-order valence-corrected chi connectivity index (χ3v) is 3.45. The summed E-state index contributed by atoms with van der Waals surface area (Å²) < 4.78 is 0. The van der Waals surface area contributed by atoms with E-state index in [1.165, 1.54) is 0 Å². The minimum absolute atomic E-state index is 0.702. The van der Waals surface area contributed by atoms with E-state index in [-0.39, 0.29) is 0 Å². The number of hydrogen-bond acceptors (Lipinski definition) is 1. The third-order valence-electron chi connectivity index (χ3n) is 3.45. The first-order valence-corrected chi connectivity index (χ1v) is 5.49. The molecule has 0 atom stereocenters. The van der Waals surface area contributed by atoms with Crippen molar-refractivity contribution < 1.29 is 9.90 Å². The summed E-state index contributed by atoms with van der Waals surface area (Å²) in [4.78, 5) is 11.5. The van der Waals surface area contributed by atoms with Crippen LogP contribution in [0, 0.1) is 12.3 Å². The molecule has 2 heteroatoms. The van der Waals surface area contributed by atoms with Gasteiger partial charge < -0.3 is 5.11 Å². The van der Waals surface area contributed by atoms with Gasteiger partial charge in [0, 0.05) is 5.56 Å². The average Bonchev–Trinajstić information content (AvgIpc) is 2.79. The van der Waals surface area contributed by atoms with Crippen LogP contribution in [0.4, 0.5) is 0 Å². The fourth-order valence-electron chi connectivity index (χ4n) is 2.51. The smallest absolute Gasteiger partial charge is 0.314 e. The largest absolute Gasteiger partial charge is 0.481 e. The van der Waals surface area contributed by atoms with Gasteiger partial charge in [0.2, 0.25) is 0 Å². The number of aliphatic carboxylic acids is 1. The number of terminal acetylenes is 1. The number of benzene rings is 1. The zero-order valence-electron chi connectivity index (χ0n) is 9.07. The maximum absolute atomic E-state index is 11.5. The molecule has 0 unspecified atom stereocenters. The van der Waals surface area contributed by atoms with Gasteiger partial charge in [-0.05, 0) is 30.5 Å². The number of rotatable bonds is 2. The standard InChI is InChI=1S/C14H14O2/c1-2-11-6-5-7-12(10-11)14(13(15)16)8-3-4-9-14/h1,5-7,10H,3-4,8-9H2,(H,15,16). The molecule has 82 valence electrons. The SMILES string of the molecule is C#Cc1cccc(C2(C(=O)O)CCCC2)c1. The summed E-state index contributed by atoms with van der Waals surface area (Å²) in [5, 5.41) is 9.43. The molecule has 0 radical (unpaired) electrons. The first-order chi connectivity index (χ1) is 7.69. The zero-order chi connectivity index (χ0) is 11.6. The lowest BCUT2D eigenvalue weighted by atomic mass is 9.78. The van der Waals surface area contributed by atoms with E-state index >= 15 is 0 Å². The Bertz CT molecular complexity index is 448. The van der Waals surface area contributed by atoms with Crippen LogP contribution in [0.25, 0.3) is 0 Å². The summed E-state index contributed by atoms with van der Waals surface area (Å²) in [7, 11) is 0. The molecular weight excluding hydrogens is 200 g/mol. The molecule has 0 bridgehead atoms. The van der Waals surface area contributed by atoms with E-state index in [0.717, 1.165) is 36.8 Å². The van der Waals surface area contributed by atoms with E-state index in [1.54, 1.807) is 0 Å². The molecule has 1 aliphatic rings. The molecule has 1 saturated carbocycles. The summed E-state index contributed by atoms with van der Waals surface area (Å²) in [6.07, 6.45) is 8.73. The molecule has 1 aromatic carbocycles. The average molecular weight is 214 g/mol. The van der Waals surface area contributed by atoms with Crippen LogP contribution in [0.5, 0.6) is 0 Å². The molecule has 1 fully saturated rings. The summed E-state index contributed by atoms with van der Waals surface area (Å²) in [5.41, 5.74) is 0.908. The van der Waals surface area contributed by atoms with E-state index in [2.05, 4.69) is 5.92 Å². The van der Waals surface area contributed by atoms with Gasteiger partial charge in [-0.25, -0.2) is 0 Å². The van der Waals surface area contributed by atoms with Gasteiger partial charge in [0.15, 0.2) is 0 Å². The van der Waals surface area contributed by atoms with Crippen molar-refractivity contribution in [2.75, 3.05) is 0 Å². The highest BCUT2D eigenvalue weighted by Crippen LogP contribution is 2.41. The monoisotopic (exact) mass is 214 g/mol. The van der Waals surface area contributed by atoms with Crippen LogP contribution in [-0.4, -0.2) is 11.1 Å². The normalized spacial score (nSPS) is 17.9. The fraction of sp³-hybridized carbons (Fsp3) is 0.357. The van der Waals surface area contributed by atoms with E-state index in [1.807, 2.05) is 24.3 Å². The zero-order valence-corrected chi connectivity index (χ0v) is 9.07. The summed E-state index contributed by atoms with van der Waals surface area (Å²) in [6.45, 7) is 0. The molecule has 0 aromatic heterocycles. The predicted molar refractivity (Wildman–Crippen MR) is 62.2 cm³/mol. The van der Waals surface area contributed by atoms with Crippen molar-refractivity contribution in [3.8, 4) is 12.3 Å². The van der Waals surface area contributed by atoms with Crippen LogP contribution in [0.3, 0.4) is 0 Å². The summed E-state index contributed by atoms with van der Waals surface area (Å²) in [5.74, 6) is 1.83. The minimum Gasteiger partial charge on any atom is -0.481 e. The van der Waals surface area contributed by atoms with Gasteiger partial charge in [0.05, 0.1) is 5.41 Å². The van der Waals surface area contributed by atoms with Crippen molar-refractivity contribution in [3.05, 3.63) is 35.4 Å². The number of carboxylic acid groups (broad SMARTS) is 1. The van der Waals surface area contributed by atoms with E-state index in [4.69, 9.17) is 6.42 Å². The van der Waals surface area contributed by atoms with Crippen LogP contribution >= 0.6 is 0 Å². The first kappa shape index (κ1) is 10.8. The summed E-state index contributed by atoms with van der Waals surface area (Å²) >= 11 is 0. The fourth-order valence-corrected chi connectivity index (χ4v) is 2.51. The topological polar surface area (TPSA) is 37.3 Å². The summed E-state index contributed by atoms with van der Waals surface area (Å²) in [6, 6.07) is 7.38. The van der Waals surface area contributed by atoms with Crippen molar-refractivity contribution in [1.82, 2.24) is 0 Å². The lowest BCUT2D eigenvalue weighted by molar-refractivity contribution is -0.143. The molecule has 1 aromatic rings. The third kappa shape index (κ3) is 1.59. The number of carbonyl (C=O) groups is 1. The highest BCUT2D eigenvalue weighted by molar-refractivity contribution is 5.82. The lowest BCUT2D eigenvalue weighted by Gasteiger charge is -2.24. The van der Waals surface area contributed by atoms with Crippen molar-refractivity contribution in [3.63, 3.8) is 0 Å². The van der Waals surface area contributed by atoms with Gasteiger partial charge in [0.25, 0.3) is 0 Å². The maximum atomic E-state index is 11.5. The first-order valence-electron chi connectivity index (χ1n) is 5.49. The Morgan fingerprint density at radius 1 is 1.38 bits per heavy atom. The Morgan fingerprint density at radius 2 is 2.06 bits per heavy atom. The Hall–Kier alpha value is -1.75. The highest BCUT2D eigenvalue weighted by Gasteiger charge is 2.42. The van der Waals surface area contributed by atoms with E-state index < -0.39 is 11.4 Å². The minimum atomic E-state index is -0.723. The molecule has 0 aliphatic heterocycles. The molecule has 16 heavy (non-hydrogen) atoms. The Balaban J connectivity index is 2.48. The van der Waals surface area contributed by atoms with Crippen molar-refractivity contribution in [1.29, 1.82) is 0 Å². The van der Waals surface area contributed by atoms with E-state index in [9.17, 15) is 9.90 Å². The molecule has 1 N–H and O–H groups in total. The Kier molecular flexibility index (Phi) is 2.70. The van der Waals surface area contributed by atoms with Crippen LogP contribution in [0.2, 0.25) is 0 Å². The predicted octanol–water partition coefficient (Wildman–Crippen LogP) is 2.56. The second-order valence-electron chi connectivity index (χ2n) is 4.32. The van der Waals surface area contributed by atoms with Crippen molar-refractivity contribution in [2.45, 2.75) is 31.1 Å². The van der Waals surface area contributed by atoms with Gasteiger partial charge in [0.1, 0.15) is 0 Å². The lowest BCUT2D eigenvalue weighted by Crippen LogP contribution is -2.32. The quantitative estimate of drug-likeness (QED) is 0.768. The molecule has 2 nitrogen and oxygen atoms in total. The van der Waals surface area contributed by atoms with Crippen LogP contribution in [0.15, 0.2) is 24.3 Å². The molecule has 0 heterocycles. The van der Waals surface area contributed by atoms with Gasteiger partial charge >= 0.3 is 5.97 Å². The van der Waals surface area contributed by atoms with Gasteiger partial charge in [-0.3, -0.25) is 4.79 Å². The molecule has 1 aliphatic carbocycles. The van der Waals surface area contributed by atoms with Crippen LogP contribution in [0.1, 0.15) is 36.8 Å². The molecule has 0 amide bonds. The maximum Gasteiger partial charge on any atom is 0.314 e. The second kappa shape index (κ2) is 4.02. The van der Waals surface area contributed by atoms with Crippen LogP contribution < -0.4 is 0 Å². The van der Waals surface area contributed by atoms with E-state index in [0.29, 0.717) is 0 Å². The van der Waals surface area contributed by atoms with Crippen molar-refractivity contribution in [2.24, 2.45) is 0 Å². The molecule has 0 saturated heterocycles. The van der Waals surface area contributed by atoms with Crippen molar-refractivity contribution >= 4 is 5.97 Å². The van der Waals surface area contributed by atoms with Gasteiger partial charge in [-0.1, -0.05) is 30.9 Å². The van der Waals surface area contributed by atoms with Crippen LogP contribution in [-0.2, 0) is 10.2 Å².